The first-order valence-electron chi connectivity index (χ1n) is 6.19. The molecular weight excluding hydrogens is 252 g/mol. The molecule has 0 aliphatic heterocycles. The quantitative estimate of drug-likeness (QED) is 0.413. The summed E-state index contributed by atoms with van der Waals surface area (Å²) in [6.45, 7) is 2.88. The molecule has 1 aromatic rings. The monoisotopic (exact) mass is 270 g/mol. The maximum absolute atomic E-state index is 11.2. The van der Waals surface area contributed by atoms with Crippen LogP contribution in [0.15, 0.2) is 24.3 Å². The summed E-state index contributed by atoms with van der Waals surface area (Å²) in [6.07, 6.45) is 1.95. The summed E-state index contributed by atoms with van der Waals surface area (Å²) in [5.41, 5.74) is 1.10. The zero-order valence-corrected chi connectivity index (χ0v) is 11.4. The molecule has 1 rings (SSSR count). The highest BCUT2D eigenvalue weighted by Crippen LogP contribution is 2.13. The van der Waals surface area contributed by atoms with E-state index < -0.39 is 0 Å². The Kier molecular flexibility index (Phi) is 7.26. The number of benzene rings is 1. The number of aryl methyl sites for hydroxylation is 1. The van der Waals surface area contributed by atoms with Crippen molar-refractivity contribution >= 4 is 17.6 Å². The summed E-state index contributed by atoms with van der Waals surface area (Å²) in [4.78, 5) is 11.2. The van der Waals surface area contributed by atoms with Gasteiger partial charge >= 0.3 is 5.97 Å². The van der Waals surface area contributed by atoms with E-state index in [0.717, 1.165) is 17.7 Å². The van der Waals surface area contributed by atoms with Gasteiger partial charge in [-0.05, 0) is 37.5 Å². The van der Waals surface area contributed by atoms with E-state index in [4.69, 9.17) is 21.1 Å². The Balaban J connectivity index is 2.33. The largest absolute Gasteiger partial charge is 0.494 e. The SMILES string of the molecule is CCOC(=O)CCc1ccc(OCCCCl)cc1. The number of rotatable bonds is 8. The Hall–Kier alpha value is -1.22. The standard InChI is InChI=1S/C14H19ClO3/c1-2-17-14(16)9-6-12-4-7-13(8-5-12)18-11-3-10-15/h4-5,7-8H,2-3,6,9-11H2,1H3. The molecule has 0 aliphatic carbocycles. The molecule has 1 aromatic carbocycles. The van der Waals surface area contributed by atoms with Crippen LogP contribution in [0.4, 0.5) is 0 Å². The van der Waals surface area contributed by atoms with Crippen molar-refractivity contribution in [2.75, 3.05) is 19.1 Å². The first kappa shape index (κ1) is 14.8. The van der Waals surface area contributed by atoms with E-state index in [1.807, 2.05) is 31.2 Å². The summed E-state index contributed by atoms with van der Waals surface area (Å²) >= 11 is 5.57. The van der Waals surface area contributed by atoms with Crippen molar-refractivity contribution < 1.29 is 14.3 Å². The van der Waals surface area contributed by atoms with Crippen LogP contribution in [0.5, 0.6) is 5.75 Å². The van der Waals surface area contributed by atoms with E-state index >= 15 is 0 Å². The highest BCUT2D eigenvalue weighted by Gasteiger charge is 2.02. The number of carbonyl (C=O) groups excluding carboxylic acids is 1. The molecule has 0 unspecified atom stereocenters. The number of carbonyl (C=O) groups is 1. The lowest BCUT2D eigenvalue weighted by atomic mass is 10.1. The molecule has 0 aliphatic rings. The average Bonchev–Trinajstić information content (AvgIpc) is 2.38. The van der Waals surface area contributed by atoms with Crippen LogP contribution in [-0.2, 0) is 16.0 Å². The zero-order chi connectivity index (χ0) is 13.2. The van der Waals surface area contributed by atoms with Gasteiger partial charge in [0.05, 0.1) is 13.2 Å². The molecule has 3 nitrogen and oxygen atoms in total. The number of hydrogen-bond donors (Lipinski definition) is 0. The predicted molar refractivity (Wildman–Crippen MR) is 72.2 cm³/mol. The van der Waals surface area contributed by atoms with E-state index in [9.17, 15) is 4.79 Å². The lowest BCUT2D eigenvalue weighted by molar-refractivity contribution is -0.143. The fraction of sp³-hybridized carbons (Fsp3) is 0.500. The Labute approximate surface area is 113 Å². The van der Waals surface area contributed by atoms with Crippen molar-refractivity contribution in [3.05, 3.63) is 29.8 Å². The van der Waals surface area contributed by atoms with Crippen LogP contribution in [0, 0.1) is 0 Å². The van der Waals surface area contributed by atoms with Crippen molar-refractivity contribution in [2.45, 2.75) is 26.2 Å². The maximum Gasteiger partial charge on any atom is 0.306 e. The van der Waals surface area contributed by atoms with Gasteiger partial charge in [0.25, 0.3) is 0 Å². The Bertz CT molecular complexity index is 349. The molecular formula is C14H19ClO3. The predicted octanol–water partition coefficient (Wildman–Crippen LogP) is 3.19. The summed E-state index contributed by atoms with van der Waals surface area (Å²) in [5.74, 6) is 1.29. The highest BCUT2D eigenvalue weighted by atomic mass is 35.5. The second-order valence-electron chi connectivity index (χ2n) is 3.84. The van der Waals surface area contributed by atoms with Crippen LogP contribution in [0.2, 0.25) is 0 Å². The van der Waals surface area contributed by atoms with Crippen LogP contribution in [0.25, 0.3) is 0 Å². The molecule has 18 heavy (non-hydrogen) atoms. The maximum atomic E-state index is 11.2. The van der Waals surface area contributed by atoms with Crippen LogP contribution in [-0.4, -0.2) is 25.1 Å². The van der Waals surface area contributed by atoms with Crippen LogP contribution >= 0.6 is 11.6 Å². The summed E-state index contributed by atoms with van der Waals surface area (Å²) in [6, 6.07) is 7.76. The summed E-state index contributed by atoms with van der Waals surface area (Å²) < 4.78 is 10.4. The van der Waals surface area contributed by atoms with Gasteiger partial charge < -0.3 is 9.47 Å². The number of hydrogen-bond acceptors (Lipinski definition) is 3. The minimum atomic E-state index is -0.153. The van der Waals surface area contributed by atoms with E-state index in [2.05, 4.69) is 0 Å². The van der Waals surface area contributed by atoms with Gasteiger partial charge in [-0.3, -0.25) is 4.79 Å². The molecule has 0 N–H and O–H groups in total. The molecule has 100 valence electrons. The lowest BCUT2D eigenvalue weighted by Gasteiger charge is -2.06. The summed E-state index contributed by atoms with van der Waals surface area (Å²) in [7, 11) is 0. The molecule has 4 heteroatoms. The zero-order valence-electron chi connectivity index (χ0n) is 10.7. The van der Waals surface area contributed by atoms with Crippen molar-refractivity contribution in [1.29, 1.82) is 0 Å². The van der Waals surface area contributed by atoms with Crippen molar-refractivity contribution in [3.8, 4) is 5.75 Å². The topological polar surface area (TPSA) is 35.5 Å². The molecule has 0 heterocycles. The minimum absolute atomic E-state index is 0.153. The smallest absolute Gasteiger partial charge is 0.306 e. The average molecular weight is 271 g/mol. The fourth-order valence-corrected chi connectivity index (χ4v) is 1.59. The van der Waals surface area contributed by atoms with E-state index in [-0.39, 0.29) is 5.97 Å². The van der Waals surface area contributed by atoms with E-state index in [1.54, 1.807) is 0 Å². The first-order valence-corrected chi connectivity index (χ1v) is 6.73. The second kappa shape index (κ2) is 8.81. The minimum Gasteiger partial charge on any atom is -0.494 e. The van der Waals surface area contributed by atoms with E-state index in [0.29, 0.717) is 31.9 Å². The third-order valence-corrected chi connectivity index (χ3v) is 2.66. The normalized spacial score (nSPS) is 10.1. The van der Waals surface area contributed by atoms with Crippen LogP contribution < -0.4 is 4.74 Å². The van der Waals surface area contributed by atoms with Gasteiger partial charge in [-0.2, -0.15) is 0 Å². The van der Waals surface area contributed by atoms with Crippen molar-refractivity contribution in [2.24, 2.45) is 0 Å². The van der Waals surface area contributed by atoms with Gasteiger partial charge in [0, 0.05) is 12.3 Å². The second-order valence-corrected chi connectivity index (χ2v) is 4.22. The molecule has 0 aromatic heterocycles. The molecule has 0 saturated heterocycles. The summed E-state index contributed by atoms with van der Waals surface area (Å²) in [5, 5.41) is 0. The van der Waals surface area contributed by atoms with Crippen molar-refractivity contribution in [1.82, 2.24) is 0 Å². The van der Waals surface area contributed by atoms with Gasteiger partial charge in [0.1, 0.15) is 5.75 Å². The van der Waals surface area contributed by atoms with Gasteiger partial charge in [0.2, 0.25) is 0 Å². The third kappa shape index (κ3) is 5.92. The highest BCUT2D eigenvalue weighted by molar-refractivity contribution is 6.17. The lowest BCUT2D eigenvalue weighted by Crippen LogP contribution is -2.05. The van der Waals surface area contributed by atoms with Gasteiger partial charge in [0.15, 0.2) is 0 Å². The van der Waals surface area contributed by atoms with Crippen LogP contribution in [0.1, 0.15) is 25.3 Å². The fourth-order valence-electron chi connectivity index (χ4n) is 1.48. The number of alkyl halides is 1. The third-order valence-electron chi connectivity index (χ3n) is 2.39. The molecule has 0 spiro atoms. The Morgan fingerprint density at radius 3 is 2.61 bits per heavy atom. The number of ether oxygens (including phenoxy) is 2. The molecule has 0 saturated carbocycles. The van der Waals surface area contributed by atoms with Crippen LogP contribution in [0.3, 0.4) is 0 Å². The van der Waals surface area contributed by atoms with Gasteiger partial charge in [-0.1, -0.05) is 12.1 Å². The molecule has 0 amide bonds. The number of esters is 1. The van der Waals surface area contributed by atoms with E-state index in [1.165, 1.54) is 0 Å². The Morgan fingerprint density at radius 1 is 1.28 bits per heavy atom. The van der Waals surface area contributed by atoms with Gasteiger partial charge in [-0.15, -0.1) is 11.6 Å². The molecule has 0 radical (unpaired) electrons. The van der Waals surface area contributed by atoms with Gasteiger partial charge in [-0.25, -0.2) is 0 Å². The van der Waals surface area contributed by atoms with Crippen molar-refractivity contribution in [3.63, 3.8) is 0 Å². The molecule has 0 fully saturated rings. The molecule has 0 bridgehead atoms. The Morgan fingerprint density at radius 2 is 2.00 bits per heavy atom. The molecule has 0 atom stereocenters. The first-order chi connectivity index (χ1) is 8.76. The number of halogens is 1.